The minimum absolute atomic E-state index is 0.361. The summed E-state index contributed by atoms with van der Waals surface area (Å²) in [6.07, 6.45) is 2.60. The Morgan fingerprint density at radius 1 is 1.62 bits per heavy atom. The molecule has 0 fully saturated rings. The number of rotatable bonds is 3. The van der Waals surface area contributed by atoms with Crippen LogP contribution in [0.1, 0.15) is 46.0 Å². The first-order valence-corrected chi connectivity index (χ1v) is 4.68. The molecule has 0 aliphatic rings. The van der Waals surface area contributed by atoms with Crippen LogP contribution in [0.4, 0.5) is 0 Å². The van der Waals surface area contributed by atoms with Crippen molar-refractivity contribution in [1.82, 2.24) is 14.8 Å². The standard InChI is InChI=1S/C9H18N4/c1-5-9(4,10)8-12-11-6-13(8)7(2)3/h6-7H,5,10H2,1-4H3. The molecule has 0 aliphatic carbocycles. The summed E-state index contributed by atoms with van der Waals surface area (Å²) in [6, 6.07) is 0.361. The Bertz CT molecular complexity index is 275. The van der Waals surface area contributed by atoms with Crippen LogP contribution in [-0.4, -0.2) is 14.8 Å². The van der Waals surface area contributed by atoms with Crippen molar-refractivity contribution in [1.29, 1.82) is 0 Å². The third-order valence-electron chi connectivity index (χ3n) is 2.37. The molecule has 74 valence electrons. The molecule has 4 heteroatoms. The molecule has 1 heterocycles. The maximum absolute atomic E-state index is 6.10. The van der Waals surface area contributed by atoms with Crippen LogP contribution in [0.2, 0.25) is 0 Å². The second kappa shape index (κ2) is 3.46. The Morgan fingerprint density at radius 2 is 2.23 bits per heavy atom. The van der Waals surface area contributed by atoms with Crippen molar-refractivity contribution in [3.8, 4) is 0 Å². The Kier molecular flexibility index (Phi) is 2.71. The van der Waals surface area contributed by atoms with Crippen LogP contribution in [0.25, 0.3) is 0 Å². The lowest BCUT2D eigenvalue weighted by Crippen LogP contribution is -2.35. The zero-order chi connectivity index (χ0) is 10.1. The van der Waals surface area contributed by atoms with Crippen LogP contribution in [0.3, 0.4) is 0 Å². The topological polar surface area (TPSA) is 56.7 Å². The molecule has 1 atom stereocenters. The van der Waals surface area contributed by atoms with Gasteiger partial charge in [-0.3, -0.25) is 0 Å². The summed E-state index contributed by atoms with van der Waals surface area (Å²) in [7, 11) is 0. The quantitative estimate of drug-likeness (QED) is 0.769. The van der Waals surface area contributed by atoms with Crippen LogP contribution in [0.5, 0.6) is 0 Å². The van der Waals surface area contributed by atoms with Crippen LogP contribution < -0.4 is 5.73 Å². The van der Waals surface area contributed by atoms with Gasteiger partial charge in [0.2, 0.25) is 0 Å². The molecule has 1 aromatic heterocycles. The van der Waals surface area contributed by atoms with Gasteiger partial charge in [-0.15, -0.1) is 10.2 Å². The van der Waals surface area contributed by atoms with E-state index in [9.17, 15) is 0 Å². The van der Waals surface area contributed by atoms with Gasteiger partial charge in [0.05, 0.1) is 5.54 Å². The van der Waals surface area contributed by atoms with E-state index in [4.69, 9.17) is 5.73 Å². The predicted octanol–water partition coefficient (Wildman–Crippen LogP) is 1.44. The third-order valence-corrected chi connectivity index (χ3v) is 2.37. The minimum Gasteiger partial charge on any atom is -0.319 e. The molecule has 4 nitrogen and oxygen atoms in total. The molecule has 1 rings (SSSR count). The molecule has 0 radical (unpaired) electrons. The lowest BCUT2D eigenvalue weighted by Gasteiger charge is -2.23. The highest BCUT2D eigenvalue weighted by Gasteiger charge is 2.25. The van der Waals surface area contributed by atoms with Gasteiger partial charge < -0.3 is 10.3 Å². The van der Waals surface area contributed by atoms with Gasteiger partial charge in [0.1, 0.15) is 6.33 Å². The molecule has 0 aliphatic heterocycles. The summed E-state index contributed by atoms with van der Waals surface area (Å²) < 4.78 is 2.02. The van der Waals surface area contributed by atoms with Gasteiger partial charge in [-0.2, -0.15) is 0 Å². The van der Waals surface area contributed by atoms with Crippen molar-refractivity contribution in [3.63, 3.8) is 0 Å². The average Bonchev–Trinajstić information content (AvgIpc) is 2.52. The first-order valence-electron chi connectivity index (χ1n) is 4.68. The minimum atomic E-state index is -0.374. The van der Waals surface area contributed by atoms with Crippen LogP contribution in [0.15, 0.2) is 6.33 Å². The monoisotopic (exact) mass is 182 g/mol. The van der Waals surface area contributed by atoms with E-state index in [0.717, 1.165) is 12.2 Å². The predicted molar refractivity (Wildman–Crippen MR) is 52.2 cm³/mol. The number of hydrogen-bond donors (Lipinski definition) is 1. The van der Waals surface area contributed by atoms with Gasteiger partial charge in [-0.1, -0.05) is 6.92 Å². The van der Waals surface area contributed by atoms with Crippen molar-refractivity contribution in [2.24, 2.45) is 5.73 Å². The molecule has 1 unspecified atom stereocenters. The molecule has 2 N–H and O–H groups in total. The van der Waals surface area contributed by atoms with E-state index < -0.39 is 0 Å². The highest BCUT2D eigenvalue weighted by atomic mass is 15.3. The number of aromatic nitrogens is 3. The van der Waals surface area contributed by atoms with Crippen molar-refractivity contribution < 1.29 is 0 Å². The molecule has 1 aromatic rings. The van der Waals surface area contributed by atoms with Gasteiger partial charge >= 0.3 is 0 Å². The lowest BCUT2D eigenvalue weighted by atomic mass is 9.99. The van der Waals surface area contributed by atoms with E-state index in [-0.39, 0.29) is 5.54 Å². The molecule has 0 amide bonds. The first-order chi connectivity index (χ1) is 5.99. The first kappa shape index (κ1) is 10.2. The largest absolute Gasteiger partial charge is 0.319 e. The molecule has 0 saturated carbocycles. The molecule has 0 aromatic carbocycles. The number of nitrogens with zero attached hydrogens (tertiary/aromatic N) is 3. The molecule has 0 spiro atoms. The van der Waals surface area contributed by atoms with E-state index in [1.165, 1.54) is 0 Å². The number of nitrogens with two attached hydrogens (primary N) is 1. The molecular weight excluding hydrogens is 164 g/mol. The third kappa shape index (κ3) is 1.88. The Morgan fingerprint density at radius 3 is 2.69 bits per heavy atom. The van der Waals surface area contributed by atoms with E-state index in [2.05, 4.69) is 31.0 Å². The average molecular weight is 182 g/mol. The Hall–Kier alpha value is -0.900. The number of hydrogen-bond acceptors (Lipinski definition) is 3. The summed E-state index contributed by atoms with van der Waals surface area (Å²) in [5.74, 6) is 0.866. The smallest absolute Gasteiger partial charge is 0.152 e. The van der Waals surface area contributed by atoms with E-state index in [0.29, 0.717) is 6.04 Å². The van der Waals surface area contributed by atoms with E-state index in [1.807, 2.05) is 11.5 Å². The molecular formula is C9H18N4. The maximum atomic E-state index is 6.10. The Labute approximate surface area is 79.2 Å². The molecule has 0 saturated heterocycles. The van der Waals surface area contributed by atoms with Crippen LogP contribution in [-0.2, 0) is 5.54 Å². The second-order valence-corrected chi connectivity index (χ2v) is 3.93. The zero-order valence-corrected chi connectivity index (χ0v) is 8.78. The fourth-order valence-electron chi connectivity index (χ4n) is 1.19. The maximum Gasteiger partial charge on any atom is 0.152 e. The summed E-state index contributed by atoms with van der Waals surface area (Å²) in [6.45, 7) is 8.23. The van der Waals surface area contributed by atoms with Gasteiger partial charge in [-0.25, -0.2) is 0 Å². The van der Waals surface area contributed by atoms with Crippen molar-refractivity contribution in [3.05, 3.63) is 12.2 Å². The van der Waals surface area contributed by atoms with Crippen molar-refractivity contribution in [2.45, 2.75) is 45.7 Å². The van der Waals surface area contributed by atoms with Crippen LogP contribution >= 0.6 is 0 Å². The second-order valence-electron chi connectivity index (χ2n) is 3.93. The van der Waals surface area contributed by atoms with Gasteiger partial charge in [0.25, 0.3) is 0 Å². The van der Waals surface area contributed by atoms with Gasteiger partial charge in [0.15, 0.2) is 5.82 Å². The normalized spacial score (nSPS) is 16.2. The fraction of sp³-hybridized carbons (Fsp3) is 0.778. The lowest BCUT2D eigenvalue weighted by molar-refractivity contribution is 0.404. The van der Waals surface area contributed by atoms with Crippen molar-refractivity contribution >= 4 is 0 Å². The van der Waals surface area contributed by atoms with Gasteiger partial charge in [-0.05, 0) is 27.2 Å². The van der Waals surface area contributed by atoms with E-state index >= 15 is 0 Å². The van der Waals surface area contributed by atoms with Gasteiger partial charge in [0, 0.05) is 6.04 Å². The fourth-order valence-corrected chi connectivity index (χ4v) is 1.19. The van der Waals surface area contributed by atoms with E-state index in [1.54, 1.807) is 6.33 Å². The van der Waals surface area contributed by atoms with Crippen LogP contribution in [0, 0.1) is 0 Å². The summed E-state index contributed by atoms with van der Waals surface area (Å²) in [5, 5.41) is 7.96. The molecule has 0 bridgehead atoms. The zero-order valence-electron chi connectivity index (χ0n) is 8.78. The summed E-state index contributed by atoms with van der Waals surface area (Å²) in [5.41, 5.74) is 5.72. The summed E-state index contributed by atoms with van der Waals surface area (Å²) >= 11 is 0. The molecule has 13 heavy (non-hydrogen) atoms. The highest BCUT2D eigenvalue weighted by Crippen LogP contribution is 2.21. The highest BCUT2D eigenvalue weighted by molar-refractivity contribution is 5.03. The summed E-state index contributed by atoms with van der Waals surface area (Å²) in [4.78, 5) is 0. The SMILES string of the molecule is CCC(C)(N)c1nncn1C(C)C. The Balaban J connectivity index is 3.07. The van der Waals surface area contributed by atoms with Crippen molar-refractivity contribution in [2.75, 3.05) is 0 Å².